The average molecular weight is 287 g/mol. The van der Waals surface area contributed by atoms with Crippen LogP contribution in [-0.2, 0) is 0 Å². The first kappa shape index (κ1) is 13.9. The molecular weight excluding hydrogens is 266 g/mol. The molecule has 0 bridgehead atoms. The average Bonchev–Trinajstić information content (AvgIpc) is 2.82. The smallest absolute Gasteiger partial charge is 0.273 e. The van der Waals surface area contributed by atoms with Gasteiger partial charge in [-0.2, -0.15) is 0 Å². The normalized spacial score (nSPS) is 19.0. The summed E-state index contributed by atoms with van der Waals surface area (Å²) in [6.07, 6.45) is 5.23. The van der Waals surface area contributed by atoms with E-state index in [9.17, 15) is 4.79 Å². The molecule has 21 heavy (non-hydrogen) atoms. The van der Waals surface area contributed by atoms with E-state index in [1.54, 1.807) is 7.11 Å². The zero-order valence-corrected chi connectivity index (χ0v) is 12.8. The van der Waals surface area contributed by atoms with Gasteiger partial charge in [0.25, 0.3) is 5.91 Å². The molecule has 0 N–H and O–H groups in total. The van der Waals surface area contributed by atoms with E-state index in [0.717, 1.165) is 25.1 Å². The van der Waals surface area contributed by atoms with E-state index >= 15 is 0 Å². The molecule has 1 saturated heterocycles. The van der Waals surface area contributed by atoms with Crippen LogP contribution in [0.25, 0.3) is 5.65 Å². The van der Waals surface area contributed by atoms with Crippen molar-refractivity contribution in [3.8, 4) is 5.75 Å². The third-order valence-electron chi connectivity index (χ3n) is 4.27. The Morgan fingerprint density at radius 1 is 1.43 bits per heavy atom. The number of nitrogens with zero attached hydrogens (tertiary/aromatic N) is 3. The highest BCUT2D eigenvalue weighted by atomic mass is 16.5. The van der Waals surface area contributed by atoms with Crippen molar-refractivity contribution < 1.29 is 9.53 Å². The lowest BCUT2D eigenvalue weighted by Gasteiger charge is -2.33. The maximum absolute atomic E-state index is 12.9. The van der Waals surface area contributed by atoms with Gasteiger partial charge >= 0.3 is 0 Å². The molecule has 2 aromatic rings. The Labute approximate surface area is 124 Å². The van der Waals surface area contributed by atoms with E-state index in [1.165, 1.54) is 6.42 Å². The van der Waals surface area contributed by atoms with Gasteiger partial charge in [0.1, 0.15) is 5.69 Å². The van der Waals surface area contributed by atoms with Crippen molar-refractivity contribution in [2.75, 3.05) is 13.7 Å². The van der Waals surface area contributed by atoms with Gasteiger partial charge in [0.05, 0.1) is 12.8 Å². The molecule has 1 fully saturated rings. The fraction of sp³-hybridized carbons (Fsp3) is 0.500. The van der Waals surface area contributed by atoms with Crippen LogP contribution >= 0.6 is 0 Å². The zero-order valence-electron chi connectivity index (χ0n) is 12.8. The molecule has 3 heterocycles. The molecule has 0 saturated carbocycles. The van der Waals surface area contributed by atoms with Gasteiger partial charge in [-0.1, -0.05) is 0 Å². The quantitative estimate of drug-likeness (QED) is 0.853. The number of amides is 1. The molecule has 112 valence electrons. The zero-order chi connectivity index (χ0) is 15.0. The number of aromatic nitrogens is 2. The maximum atomic E-state index is 12.9. The van der Waals surface area contributed by atoms with Crippen LogP contribution in [0.2, 0.25) is 0 Å². The molecule has 5 heteroatoms. The van der Waals surface area contributed by atoms with E-state index in [2.05, 4.69) is 11.9 Å². The first-order valence-electron chi connectivity index (χ1n) is 7.46. The minimum atomic E-state index is 0.0699. The second-order valence-corrected chi connectivity index (χ2v) is 5.66. The summed E-state index contributed by atoms with van der Waals surface area (Å²) >= 11 is 0. The van der Waals surface area contributed by atoms with Gasteiger partial charge in [0.2, 0.25) is 0 Å². The van der Waals surface area contributed by atoms with Crippen LogP contribution in [0.3, 0.4) is 0 Å². The van der Waals surface area contributed by atoms with Crippen LogP contribution in [0.1, 0.15) is 42.4 Å². The van der Waals surface area contributed by atoms with Crippen LogP contribution in [0.4, 0.5) is 0 Å². The van der Waals surface area contributed by atoms with Gasteiger partial charge in [0.15, 0.2) is 11.4 Å². The monoisotopic (exact) mass is 287 g/mol. The first-order valence-corrected chi connectivity index (χ1v) is 7.46. The number of rotatable bonds is 2. The molecule has 0 aliphatic carbocycles. The number of carbonyl (C=O) groups excluding carboxylic acids is 1. The molecule has 1 aliphatic heterocycles. The summed E-state index contributed by atoms with van der Waals surface area (Å²) in [6, 6.07) is 4.03. The predicted octanol–water partition coefficient (Wildman–Crippen LogP) is 2.67. The molecule has 2 aromatic heterocycles. The third kappa shape index (κ3) is 2.26. The molecule has 0 spiro atoms. The van der Waals surface area contributed by atoms with Crippen molar-refractivity contribution in [3.63, 3.8) is 0 Å². The number of likely N-dealkylation sites (tertiary alicyclic amines) is 1. The van der Waals surface area contributed by atoms with Crippen LogP contribution < -0.4 is 4.74 Å². The molecule has 3 rings (SSSR count). The number of imidazole rings is 1. The Morgan fingerprint density at radius 2 is 2.24 bits per heavy atom. The lowest BCUT2D eigenvalue weighted by molar-refractivity contribution is 0.0627. The van der Waals surface area contributed by atoms with Crippen LogP contribution in [0.15, 0.2) is 18.3 Å². The summed E-state index contributed by atoms with van der Waals surface area (Å²) < 4.78 is 7.18. The minimum Gasteiger partial charge on any atom is -0.493 e. The van der Waals surface area contributed by atoms with Gasteiger partial charge < -0.3 is 9.64 Å². The largest absolute Gasteiger partial charge is 0.493 e. The number of pyridine rings is 1. The second kappa shape index (κ2) is 5.39. The number of ether oxygens (including phenoxy) is 1. The van der Waals surface area contributed by atoms with Crippen molar-refractivity contribution in [2.24, 2.45) is 0 Å². The standard InChI is InChI=1S/C16H21N3O2/c1-11-7-4-5-9-18(11)16(20)14-12(2)17-15-13(21-3)8-6-10-19(14)15/h6,8,10-11H,4-5,7,9H2,1-3H3. The van der Waals surface area contributed by atoms with Gasteiger partial charge in [-0.3, -0.25) is 9.20 Å². The Bertz CT molecular complexity index is 677. The Kier molecular flexibility index (Phi) is 3.57. The highest BCUT2D eigenvalue weighted by molar-refractivity contribution is 5.95. The Morgan fingerprint density at radius 3 is 2.95 bits per heavy atom. The molecule has 0 aromatic carbocycles. The van der Waals surface area contributed by atoms with Crippen molar-refractivity contribution >= 4 is 11.6 Å². The summed E-state index contributed by atoms with van der Waals surface area (Å²) in [4.78, 5) is 19.4. The van der Waals surface area contributed by atoms with Gasteiger partial charge in [-0.25, -0.2) is 4.98 Å². The van der Waals surface area contributed by atoms with E-state index < -0.39 is 0 Å². The molecular formula is C16H21N3O2. The first-order chi connectivity index (χ1) is 10.1. The van der Waals surface area contributed by atoms with E-state index in [-0.39, 0.29) is 5.91 Å². The van der Waals surface area contributed by atoms with Gasteiger partial charge in [0, 0.05) is 18.8 Å². The van der Waals surface area contributed by atoms with Crippen molar-refractivity contribution in [2.45, 2.75) is 39.2 Å². The summed E-state index contributed by atoms with van der Waals surface area (Å²) in [5.41, 5.74) is 2.10. The summed E-state index contributed by atoms with van der Waals surface area (Å²) in [5.74, 6) is 0.756. The maximum Gasteiger partial charge on any atom is 0.273 e. The Balaban J connectivity index is 2.07. The SMILES string of the molecule is COc1cccn2c(C(=O)N3CCCCC3C)c(C)nc12. The number of hydrogen-bond donors (Lipinski definition) is 0. The number of methoxy groups -OCH3 is 1. The van der Waals surface area contributed by atoms with E-state index in [0.29, 0.717) is 23.1 Å². The van der Waals surface area contributed by atoms with Crippen molar-refractivity contribution in [1.82, 2.24) is 14.3 Å². The number of aryl methyl sites for hydroxylation is 1. The van der Waals surface area contributed by atoms with Crippen LogP contribution in [-0.4, -0.2) is 39.9 Å². The van der Waals surface area contributed by atoms with Gasteiger partial charge in [-0.05, 0) is 45.2 Å². The van der Waals surface area contributed by atoms with Gasteiger partial charge in [-0.15, -0.1) is 0 Å². The number of fused-ring (bicyclic) bond motifs is 1. The summed E-state index contributed by atoms with van der Waals surface area (Å²) in [5, 5.41) is 0. The number of carbonyl (C=O) groups is 1. The van der Waals surface area contributed by atoms with E-state index in [1.807, 2.05) is 34.6 Å². The van der Waals surface area contributed by atoms with Crippen molar-refractivity contribution in [3.05, 3.63) is 29.7 Å². The summed E-state index contributed by atoms with van der Waals surface area (Å²) in [7, 11) is 1.62. The molecule has 0 radical (unpaired) electrons. The number of hydrogen-bond acceptors (Lipinski definition) is 3. The molecule has 1 atom stereocenters. The van der Waals surface area contributed by atoms with Crippen LogP contribution in [0, 0.1) is 6.92 Å². The lowest BCUT2D eigenvalue weighted by atomic mass is 10.0. The van der Waals surface area contributed by atoms with Crippen LogP contribution in [0.5, 0.6) is 5.75 Å². The molecule has 1 aliphatic rings. The predicted molar refractivity (Wildman–Crippen MR) is 80.8 cm³/mol. The van der Waals surface area contributed by atoms with E-state index in [4.69, 9.17) is 4.74 Å². The molecule has 1 amide bonds. The fourth-order valence-corrected chi connectivity index (χ4v) is 3.11. The van der Waals surface area contributed by atoms with Crippen molar-refractivity contribution in [1.29, 1.82) is 0 Å². The summed E-state index contributed by atoms with van der Waals surface area (Å²) in [6.45, 7) is 4.83. The fourth-order valence-electron chi connectivity index (χ4n) is 3.11. The highest BCUT2D eigenvalue weighted by Gasteiger charge is 2.28. The Hall–Kier alpha value is -2.04. The molecule has 1 unspecified atom stereocenters. The highest BCUT2D eigenvalue weighted by Crippen LogP contribution is 2.25. The minimum absolute atomic E-state index is 0.0699. The third-order valence-corrected chi connectivity index (χ3v) is 4.27. The second-order valence-electron chi connectivity index (χ2n) is 5.66. The topological polar surface area (TPSA) is 46.8 Å². The number of piperidine rings is 1. The molecule has 5 nitrogen and oxygen atoms in total. The lowest BCUT2D eigenvalue weighted by Crippen LogP contribution is -2.42.